The molecule has 2 rings (SSSR count). The monoisotopic (exact) mass is 372 g/mol. The van der Waals surface area contributed by atoms with E-state index < -0.39 is 18.0 Å². The molecular formula is C19H24N4O4. The second kappa shape index (κ2) is 8.98. The van der Waals surface area contributed by atoms with E-state index in [4.69, 9.17) is 4.74 Å². The molecule has 8 heteroatoms. The Balaban J connectivity index is 1.96. The third-order valence-corrected chi connectivity index (χ3v) is 4.02. The van der Waals surface area contributed by atoms with Gasteiger partial charge in [-0.3, -0.25) is 9.59 Å². The minimum absolute atomic E-state index is 0.135. The summed E-state index contributed by atoms with van der Waals surface area (Å²) < 4.78 is 6.94. The summed E-state index contributed by atoms with van der Waals surface area (Å²) in [7, 11) is 0. The van der Waals surface area contributed by atoms with E-state index in [2.05, 4.69) is 15.7 Å². The maximum absolute atomic E-state index is 12.3. The van der Waals surface area contributed by atoms with Gasteiger partial charge in [-0.05, 0) is 44.5 Å². The molecule has 1 aromatic heterocycles. The standard InChI is InChI=1S/C19H24N4O4/c1-5-12(2)23-17(10-11-20-23)22-18(25)13(3)27-19(26)15-6-8-16(9-7-15)21-14(4)24/h6-13H,5H2,1-4H3,(H,21,24)(H,22,25)/t12-,13-/m1/s1. The predicted octanol–water partition coefficient (Wildman–Crippen LogP) is 3.00. The normalized spacial score (nSPS) is 12.7. The lowest BCUT2D eigenvalue weighted by molar-refractivity contribution is -0.123. The smallest absolute Gasteiger partial charge is 0.338 e. The average Bonchev–Trinajstić information content (AvgIpc) is 3.09. The summed E-state index contributed by atoms with van der Waals surface area (Å²) in [6, 6.07) is 8.06. The zero-order chi connectivity index (χ0) is 20.0. The summed E-state index contributed by atoms with van der Waals surface area (Å²) in [5.74, 6) is -0.713. The summed E-state index contributed by atoms with van der Waals surface area (Å²) in [6.45, 7) is 6.93. The van der Waals surface area contributed by atoms with Gasteiger partial charge < -0.3 is 15.4 Å². The van der Waals surface area contributed by atoms with Crippen LogP contribution >= 0.6 is 0 Å². The Hall–Kier alpha value is -3.16. The lowest BCUT2D eigenvalue weighted by Crippen LogP contribution is -2.31. The van der Waals surface area contributed by atoms with Gasteiger partial charge in [-0.15, -0.1) is 0 Å². The molecule has 0 spiro atoms. The number of ether oxygens (including phenoxy) is 1. The van der Waals surface area contributed by atoms with Gasteiger partial charge in [0.15, 0.2) is 6.10 Å². The molecule has 0 aliphatic carbocycles. The Morgan fingerprint density at radius 2 is 1.78 bits per heavy atom. The molecule has 1 aromatic carbocycles. The van der Waals surface area contributed by atoms with Crippen molar-refractivity contribution in [3.63, 3.8) is 0 Å². The zero-order valence-corrected chi connectivity index (χ0v) is 15.9. The maximum Gasteiger partial charge on any atom is 0.338 e. The number of aromatic nitrogens is 2. The number of esters is 1. The number of hydrogen-bond acceptors (Lipinski definition) is 5. The van der Waals surface area contributed by atoms with Crippen molar-refractivity contribution in [3.05, 3.63) is 42.1 Å². The highest BCUT2D eigenvalue weighted by Gasteiger charge is 2.21. The van der Waals surface area contributed by atoms with Crippen molar-refractivity contribution in [1.82, 2.24) is 9.78 Å². The third kappa shape index (κ3) is 5.40. The molecule has 0 bridgehead atoms. The quantitative estimate of drug-likeness (QED) is 0.728. The molecule has 8 nitrogen and oxygen atoms in total. The Morgan fingerprint density at radius 3 is 2.37 bits per heavy atom. The van der Waals surface area contributed by atoms with Gasteiger partial charge in [0.25, 0.3) is 5.91 Å². The number of nitrogens with zero attached hydrogens (tertiary/aromatic N) is 2. The van der Waals surface area contributed by atoms with E-state index in [0.29, 0.717) is 11.5 Å². The van der Waals surface area contributed by atoms with Crippen molar-refractivity contribution in [3.8, 4) is 0 Å². The first-order valence-electron chi connectivity index (χ1n) is 8.74. The van der Waals surface area contributed by atoms with Crippen LogP contribution in [-0.2, 0) is 14.3 Å². The lowest BCUT2D eigenvalue weighted by Gasteiger charge is -2.17. The first-order chi connectivity index (χ1) is 12.8. The molecule has 0 unspecified atom stereocenters. The van der Waals surface area contributed by atoms with Crippen molar-refractivity contribution in [2.24, 2.45) is 0 Å². The topological polar surface area (TPSA) is 102 Å². The Morgan fingerprint density at radius 1 is 1.11 bits per heavy atom. The van der Waals surface area contributed by atoms with Crippen molar-refractivity contribution in [2.45, 2.75) is 46.3 Å². The highest BCUT2D eigenvalue weighted by molar-refractivity contribution is 5.97. The van der Waals surface area contributed by atoms with E-state index in [-0.39, 0.29) is 17.5 Å². The fourth-order valence-electron chi connectivity index (χ4n) is 2.34. The predicted molar refractivity (Wildman–Crippen MR) is 101 cm³/mol. The van der Waals surface area contributed by atoms with Crippen molar-refractivity contribution >= 4 is 29.3 Å². The molecule has 0 aliphatic rings. The number of hydrogen-bond donors (Lipinski definition) is 2. The van der Waals surface area contributed by atoms with Crippen molar-refractivity contribution < 1.29 is 19.1 Å². The third-order valence-electron chi connectivity index (χ3n) is 4.02. The zero-order valence-electron chi connectivity index (χ0n) is 15.9. The fourth-order valence-corrected chi connectivity index (χ4v) is 2.34. The molecule has 0 fully saturated rings. The van der Waals surface area contributed by atoms with E-state index >= 15 is 0 Å². The van der Waals surface area contributed by atoms with Crippen LogP contribution in [0.15, 0.2) is 36.5 Å². The maximum atomic E-state index is 12.3. The molecule has 144 valence electrons. The summed E-state index contributed by atoms with van der Waals surface area (Å²) in [5.41, 5.74) is 0.858. The average molecular weight is 372 g/mol. The van der Waals surface area contributed by atoms with Gasteiger partial charge in [0.05, 0.1) is 17.8 Å². The van der Waals surface area contributed by atoms with E-state index in [1.165, 1.54) is 26.0 Å². The highest BCUT2D eigenvalue weighted by Crippen LogP contribution is 2.17. The van der Waals surface area contributed by atoms with Gasteiger partial charge in [-0.2, -0.15) is 5.10 Å². The second-order valence-corrected chi connectivity index (χ2v) is 6.21. The van der Waals surface area contributed by atoms with Gasteiger partial charge in [0.1, 0.15) is 5.82 Å². The summed E-state index contributed by atoms with van der Waals surface area (Å²) in [6.07, 6.45) is 1.49. The molecule has 0 saturated heterocycles. The molecule has 0 radical (unpaired) electrons. The first kappa shape index (κ1) is 20.2. The van der Waals surface area contributed by atoms with Gasteiger partial charge in [-0.25, -0.2) is 9.48 Å². The molecule has 2 amide bonds. The van der Waals surface area contributed by atoms with Crippen LogP contribution in [0, 0.1) is 0 Å². The number of benzene rings is 1. The van der Waals surface area contributed by atoms with Gasteiger partial charge in [0.2, 0.25) is 5.91 Å². The largest absolute Gasteiger partial charge is 0.449 e. The molecule has 0 aliphatic heterocycles. The Bertz CT molecular complexity index is 813. The van der Waals surface area contributed by atoms with Crippen LogP contribution in [0.3, 0.4) is 0 Å². The highest BCUT2D eigenvalue weighted by atomic mass is 16.5. The van der Waals surface area contributed by atoms with Crippen molar-refractivity contribution in [1.29, 1.82) is 0 Å². The van der Waals surface area contributed by atoms with Gasteiger partial charge in [0, 0.05) is 18.7 Å². The van der Waals surface area contributed by atoms with Gasteiger partial charge >= 0.3 is 5.97 Å². The van der Waals surface area contributed by atoms with Crippen LogP contribution in [0.2, 0.25) is 0 Å². The number of anilines is 2. The number of carbonyl (C=O) groups excluding carboxylic acids is 3. The summed E-state index contributed by atoms with van der Waals surface area (Å²) in [5, 5.41) is 9.54. The molecule has 0 saturated carbocycles. The molecule has 2 aromatic rings. The fraction of sp³-hybridized carbons (Fsp3) is 0.368. The van der Waals surface area contributed by atoms with E-state index in [1.807, 2.05) is 13.8 Å². The number of amides is 2. The number of rotatable bonds is 7. The lowest BCUT2D eigenvalue weighted by atomic mass is 10.2. The van der Waals surface area contributed by atoms with E-state index in [1.54, 1.807) is 29.1 Å². The summed E-state index contributed by atoms with van der Waals surface area (Å²) >= 11 is 0. The minimum atomic E-state index is -0.979. The minimum Gasteiger partial charge on any atom is -0.449 e. The number of carbonyl (C=O) groups is 3. The Labute approximate surface area is 157 Å². The summed E-state index contributed by atoms with van der Waals surface area (Å²) in [4.78, 5) is 35.6. The molecular weight excluding hydrogens is 348 g/mol. The van der Waals surface area contributed by atoms with Crippen LogP contribution in [0.4, 0.5) is 11.5 Å². The van der Waals surface area contributed by atoms with Crippen molar-refractivity contribution in [2.75, 3.05) is 10.6 Å². The van der Waals surface area contributed by atoms with E-state index in [0.717, 1.165) is 6.42 Å². The number of nitrogens with one attached hydrogen (secondary N) is 2. The SMILES string of the molecule is CC[C@@H](C)n1nccc1NC(=O)[C@@H](C)OC(=O)c1ccc(NC(C)=O)cc1. The van der Waals surface area contributed by atoms with Crippen LogP contribution in [0.5, 0.6) is 0 Å². The van der Waals surface area contributed by atoms with Crippen LogP contribution in [0.25, 0.3) is 0 Å². The molecule has 27 heavy (non-hydrogen) atoms. The Kier molecular flexibility index (Phi) is 6.70. The first-order valence-corrected chi connectivity index (χ1v) is 8.74. The molecule has 2 atom stereocenters. The van der Waals surface area contributed by atoms with Crippen LogP contribution in [0.1, 0.15) is 50.5 Å². The van der Waals surface area contributed by atoms with E-state index in [9.17, 15) is 14.4 Å². The van der Waals surface area contributed by atoms with Crippen LogP contribution in [-0.4, -0.2) is 33.7 Å². The molecule has 2 N–H and O–H groups in total. The van der Waals surface area contributed by atoms with Gasteiger partial charge in [-0.1, -0.05) is 6.92 Å². The second-order valence-electron chi connectivity index (χ2n) is 6.21. The molecule has 1 heterocycles. The van der Waals surface area contributed by atoms with Crippen LogP contribution < -0.4 is 10.6 Å².